The van der Waals surface area contributed by atoms with Crippen LogP contribution in [0.3, 0.4) is 0 Å². The number of para-hydroxylation sites is 2. The fourth-order valence-corrected chi connectivity index (χ4v) is 4.35. The number of rotatable bonds is 6. The van der Waals surface area contributed by atoms with E-state index in [1.54, 1.807) is 6.20 Å². The number of carbonyl (C=O) groups is 1. The molecule has 1 saturated carbocycles. The van der Waals surface area contributed by atoms with E-state index in [0.717, 1.165) is 54.8 Å². The van der Waals surface area contributed by atoms with Crippen molar-refractivity contribution in [2.45, 2.75) is 37.1 Å². The van der Waals surface area contributed by atoms with Crippen molar-refractivity contribution in [3.8, 4) is 0 Å². The van der Waals surface area contributed by atoms with Gasteiger partial charge in [0.25, 0.3) is 0 Å². The lowest BCUT2D eigenvalue weighted by Crippen LogP contribution is -2.42. The monoisotopic (exact) mass is 386 g/mol. The Morgan fingerprint density at radius 1 is 1.00 bits per heavy atom. The first-order valence-electron chi connectivity index (χ1n) is 10.6. The van der Waals surface area contributed by atoms with Crippen molar-refractivity contribution in [3.63, 3.8) is 0 Å². The van der Waals surface area contributed by atoms with E-state index in [9.17, 15) is 4.79 Å². The van der Waals surface area contributed by atoms with Gasteiger partial charge in [0, 0.05) is 6.54 Å². The molecule has 0 spiro atoms. The molecule has 148 valence electrons. The van der Waals surface area contributed by atoms with Crippen molar-refractivity contribution in [1.82, 2.24) is 20.2 Å². The summed E-state index contributed by atoms with van der Waals surface area (Å²) in [6, 6.07) is 18.1. The molecule has 3 aromatic rings. The lowest BCUT2D eigenvalue weighted by atomic mass is 9.99. The minimum atomic E-state index is -0.533. The molecule has 1 amide bonds. The van der Waals surface area contributed by atoms with Crippen molar-refractivity contribution in [2.24, 2.45) is 0 Å². The fourth-order valence-electron chi connectivity index (χ4n) is 4.35. The number of benzene rings is 2. The number of carbonyl (C=O) groups excluding carboxylic acids is 1. The molecule has 1 aliphatic heterocycles. The summed E-state index contributed by atoms with van der Waals surface area (Å²) in [5.41, 5.74) is 3.13. The van der Waals surface area contributed by atoms with Crippen molar-refractivity contribution in [3.05, 3.63) is 72.1 Å². The molecule has 1 atom stereocenters. The van der Waals surface area contributed by atoms with Gasteiger partial charge in [0.05, 0.1) is 34.4 Å². The van der Waals surface area contributed by atoms with Crippen molar-refractivity contribution < 1.29 is 4.79 Å². The normalized spacial score (nSPS) is 19.2. The third kappa shape index (κ3) is 3.62. The molecule has 0 radical (unpaired) electrons. The first-order valence-corrected chi connectivity index (χ1v) is 10.6. The Balaban J connectivity index is 1.39. The average molecular weight is 386 g/mol. The van der Waals surface area contributed by atoms with Gasteiger partial charge >= 0.3 is 0 Å². The first kappa shape index (κ1) is 18.3. The third-order valence-corrected chi connectivity index (χ3v) is 6.27. The molecule has 5 heteroatoms. The first-order chi connectivity index (χ1) is 14.2. The van der Waals surface area contributed by atoms with Gasteiger partial charge in [0.15, 0.2) is 0 Å². The van der Waals surface area contributed by atoms with E-state index >= 15 is 0 Å². The Kier molecular flexibility index (Phi) is 4.76. The zero-order chi connectivity index (χ0) is 19.7. The summed E-state index contributed by atoms with van der Waals surface area (Å²) in [6.07, 6.45) is 5.93. The zero-order valence-corrected chi connectivity index (χ0v) is 16.6. The van der Waals surface area contributed by atoms with E-state index < -0.39 is 5.41 Å². The highest BCUT2D eigenvalue weighted by molar-refractivity contribution is 5.91. The van der Waals surface area contributed by atoms with Gasteiger partial charge in [-0.05, 0) is 56.5 Å². The molecule has 5 nitrogen and oxygen atoms in total. The van der Waals surface area contributed by atoms with Crippen LogP contribution in [0.25, 0.3) is 11.0 Å². The average Bonchev–Trinajstić information content (AvgIpc) is 3.43. The van der Waals surface area contributed by atoms with Gasteiger partial charge in [0.1, 0.15) is 0 Å². The van der Waals surface area contributed by atoms with E-state index in [1.165, 1.54) is 12.8 Å². The number of hydrogen-bond donors (Lipinski definition) is 1. The second-order valence-electron chi connectivity index (χ2n) is 8.27. The molecule has 1 aliphatic carbocycles. The number of aromatic nitrogens is 2. The van der Waals surface area contributed by atoms with Gasteiger partial charge < -0.3 is 10.2 Å². The summed E-state index contributed by atoms with van der Waals surface area (Å²) in [4.78, 5) is 25.2. The number of hydrogen-bond acceptors (Lipinski definition) is 4. The Labute approximate surface area is 171 Å². The van der Waals surface area contributed by atoms with Crippen LogP contribution in [-0.4, -0.2) is 40.4 Å². The minimum absolute atomic E-state index is 0.00677. The lowest BCUT2D eigenvalue weighted by molar-refractivity contribution is -0.124. The Hall–Kier alpha value is -2.79. The number of likely N-dealkylation sites (tertiary alicyclic amines) is 1. The quantitative estimate of drug-likeness (QED) is 0.703. The molecule has 1 aromatic heterocycles. The maximum atomic E-state index is 13.4. The topological polar surface area (TPSA) is 58.1 Å². The van der Waals surface area contributed by atoms with E-state index in [-0.39, 0.29) is 11.9 Å². The number of amides is 1. The third-order valence-electron chi connectivity index (χ3n) is 6.27. The van der Waals surface area contributed by atoms with Crippen LogP contribution in [0.15, 0.2) is 60.8 Å². The van der Waals surface area contributed by atoms with Crippen LogP contribution in [0.5, 0.6) is 0 Å². The summed E-state index contributed by atoms with van der Waals surface area (Å²) in [6.45, 7) is 3.08. The molecule has 1 saturated heterocycles. The Morgan fingerprint density at radius 3 is 2.41 bits per heavy atom. The fraction of sp³-hybridized carbons (Fsp3) is 0.375. The molecule has 0 bridgehead atoms. The summed E-state index contributed by atoms with van der Waals surface area (Å²) in [5.74, 6) is 0.0788. The highest BCUT2D eigenvalue weighted by atomic mass is 16.2. The molecule has 1 unspecified atom stereocenters. The molecule has 2 aromatic carbocycles. The second-order valence-corrected chi connectivity index (χ2v) is 8.27. The summed E-state index contributed by atoms with van der Waals surface area (Å²) in [5, 5.41) is 3.36. The van der Waals surface area contributed by atoms with Gasteiger partial charge in [-0.15, -0.1) is 0 Å². The van der Waals surface area contributed by atoms with Crippen LogP contribution in [0.4, 0.5) is 0 Å². The van der Waals surface area contributed by atoms with Gasteiger partial charge in [-0.25, -0.2) is 4.98 Å². The smallest absolute Gasteiger partial charge is 0.232 e. The molecule has 2 fully saturated rings. The predicted molar refractivity (Wildman–Crippen MR) is 113 cm³/mol. The Bertz CT molecular complexity index is 1010. The van der Waals surface area contributed by atoms with Crippen LogP contribution < -0.4 is 5.32 Å². The van der Waals surface area contributed by atoms with E-state index in [0.29, 0.717) is 0 Å². The number of fused-ring (bicyclic) bond motifs is 1. The molecule has 29 heavy (non-hydrogen) atoms. The summed E-state index contributed by atoms with van der Waals surface area (Å²) < 4.78 is 0. The van der Waals surface area contributed by atoms with E-state index in [1.807, 2.05) is 42.5 Å². The van der Waals surface area contributed by atoms with Crippen molar-refractivity contribution in [1.29, 1.82) is 0 Å². The van der Waals surface area contributed by atoms with E-state index in [4.69, 9.17) is 4.98 Å². The second kappa shape index (κ2) is 7.56. The zero-order valence-electron chi connectivity index (χ0n) is 16.6. The minimum Gasteiger partial charge on any atom is -0.347 e. The Morgan fingerprint density at radius 2 is 1.69 bits per heavy atom. The van der Waals surface area contributed by atoms with Gasteiger partial charge in [-0.1, -0.05) is 42.5 Å². The van der Waals surface area contributed by atoms with Crippen LogP contribution in [0, 0.1) is 0 Å². The summed E-state index contributed by atoms with van der Waals surface area (Å²) >= 11 is 0. The highest BCUT2D eigenvalue weighted by Crippen LogP contribution is 2.48. The SMILES string of the molecule is O=C(NC(CN1CCCC1)c1ccccc1)C1(c2cnc3ccccc3n2)CC1. The molecule has 5 rings (SSSR count). The molecular weight excluding hydrogens is 360 g/mol. The van der Waals surface area contributed by atoms with Crippen LogP contribution >= 0.6 is 0 Å². The van der Waals surface area contributed by atoms with Crippen molar-refractivity contribution >= 4 is 16.9 Å². The van der Waals surface area contributed by atoms with Crippen molar-refractivity contribution in [2.75, 3.05) is 19.6 Å². The van der Waals surface area contributed by atoms with Gasteiger partial charge in [0.2, 0.25) is 5.91 Å². The molecule has 1 N–H and O–H groups in total. The highest BCUT2D eigenvalue weighted by Gasteiger charge is 2.53. The summed E-state index contributed by atoms with van der Waals surface area (Å²) in [7, 11) is 0. The molecule has 2 aliphatic rings. The standard InChI is InChI=1S/C24H26N4O/c29-23(24(12-13-24)22-16-25-19-10-4-5-11-20(19)26-22)27-21(17-28-14-6-7-15-28)18-8-2-1-3-9-18/h1-5,8-11,16,21H,6-7,12-15,17H2,(H,27,29). The van der Waals surface area contributed by atoms with E-state index in [2.05, 4.69) is 27.3 Å². The van der Waals surface area contributed by atoms with Gasteiger partial charge in [-0.2, -0.15) is 0 Å². The molecular formula is C24H26N4O. The van der Waals surface area contributed by atoms with Crippen LogP contribution in [0.2, 0.25) is 0 Å². The maximum Gasteiger partial charge on any atom is 0.232 e. The number of nitrogens with zero attached hydrogens (tertiary/aromatic N) is 3. The lowest BCUT2D eigenvalue weighted by Gasteiger charge is -2.27. The maximum absolute atomic E-state index is 13.4. The van der Waals surface area contributed by atoms with Gasteiger partial charge in [-0.3, -0.25) is 9.78 Å². The predicted octanol–water partition coefficient (Wildman–Crippen LogP) is 3.61. The molecule has 2 heterocycles. The largest absolute Gasteiger partial charge is 0.347 e. The van der Waals surface area contributed by atoms with Crippen LogP contribution in [-0.2, 0) is 10.2 Å². The number of nitrogens with one attached hydrogen (secondary N) is 1. The van der Waals surface area contributed by atoms with Crippen LogP contribution in [0.1, 0.15) is 43.0 Å².